The molecule has 0 amide bonds. The van der Waals surface area contributed by atoms with Gasteiger partial charge in [-0.25, -0.2) is 0 Å². The molecule has 15 heteroatoms. The lowest BCUT2D eigenvalue weighted by Crippen LogP contribution is -2.54. The van der Waals surface area contributed by atoms with Crippen LogP contribution in [0.5, 0.6) is 0 Å². The maximum absolute atomic E-state index is 11.4. The molecule has 1 fully saturated rings. The van der Waals surface area contributed by atoms with Crippen LogP contribution in [0.25, 0.3) is 0 Å². The van der Waals surface area contributed by atoms with Crippen LogP contribution in [-0.2, 0) is 4.74 Å². The third-order valence-electron chi connectivity index (χ3n) is 5.07. The fourth-order valence-electron chi connectivity index (χ4n) is 1.97. The molecule has 0 aromatic rings. The standard InChI is InChI=1S/C11H22O.2C4H4F6O/c1-3-10(2)9-12-11-7-5-4-6-8-11;2*1-2(11,3(5,6)7)4(8,9)10/h10-11H,3-9H2,1-2H3;2*11H,1H3. The highest BCUT2D eigenvalue weighted by atomic mass is 19.4. The second-order valence-electron chi connectivity index (χ2n) is 8.24. The van der Waals surface area contributed by atoms with Gasteiger partial charge < -0.3 is 14.9 Å². The van der Waals surface area contributed by atoms with E-state index < -0.39 is 35.9 Å². The molecule has 1 saturated carbocycles. The molecule has 34 heavy (non-hydrogen) atoms. The minimum absolute atomic E-state index is 0.340. The maximum atomic E-state index is 11.4. The Kier molecular flexibility index (Phi) is 13.3. The summed E-state index contributed by atoms with van der Waals surface area (Å²) in [5, 5.41) is 15.9. The van der Waals surface area contributed by atoms with Gasteiger partial charge in [-0.2, -0.15) is 52.7 Å². The van der Waals surface area contributed by atoms with E-state index >= 15 is 0 Å². The monoisotopic (exact) mass is 534 g/mol. The molecule has 2 N–H and O–H groups in total. The molecule has 208 valence electrons. The number of hydrogen-bond donors (Lipinski definition) is 2. The summed E-state index contributed by atoms with van der Waals surface area (Å²) in [4.78, 5) is 0. The van der Waals surface area contributed by atoms with Crippen LogP contribution >= 0.6 is 0 Å². The molecule has 1 rings (SSSR count). The third-order valence-corrected chi connectivity index (χ3v) is 5.07. The normalized spacial score (nSPS) is 17.8. The van der Waals surface area contributed by atoms with Gasteiger partial charge in [-0.3, -0.25) is 0 Å². The van der Waals surface area contributed by atoms with Crippen LogP contribution in [0.15, 0.2) is 0 Å². The Balaban J connectivity index is 0. The van der Waals surface area contributed by atoms with Gasteiger partial charge in [0.15, 0.2) is 0 Å². The zero-order chi connectivity index (χ0) is 27.8. The maximum Gasteiger partial charge on any atom is 0.425 e. The number of halogens is 12. The topological polar surface area (TPSA) is 49.7 Å². The van der Waals surface area contributed by atoms with Gasteiger partial charge in [0.2, 0.25) is 0 Å². The predicted octanol–water partition coefficient (Wildman–Crippen LogP) is 7.11. The Morgan fingerprint density at radius 3 is 1.18 bits per heavy atom. The Labute approximate surface area is 189 Å². The molecule has 3 nitrogen and oxygen atoms in total. The second kappa shape index (κ2) is 12.8. The van der Waals surface area contributed by atoms with Crippen molar-refractivity contribution >= 4 is 0 Å². The summed E-state index contributed by atoms with van der Waals surface area (Å²) < 4.78 is 142. The molecule has 0 saturated heterocycles. The van der Waals surface area contributed by atoms with Gasteiger partial charge in [0.25, 0.3) is 11.2 Å². The summed E-state index contributed by atoms with van der Waals surface area (Å²) in [5.74, 6) is 0.743. The largest absolute Gasteiger partial charge is 0.425 e. The minimum Gasteiger partial charge on any atom is -0.378 e. The van der Waals surface area contributed by atoms with Crippen LogP contribution in [0.1, 0.15) is 66.2 Å². The van der Waals surface area contributed by atoms with Crippen molar-refractivity contribution in [2.24, 2.45) is 5.92 Å². The van der Waals surface area contributed by atoms with Gasteiger partial charge in [0, 0.05) is 6.61 Å². The van der Waals surface area contributed by atoms with Crippen molar-refractivity contribution in [3.05, 3.63) is 0 Å². The van der Waals surface area contributed by atoms with Crippen LogP contribution in [0.4, 0.5) is 52.7 Å². The smallest absolute Gasteiger partial charge is 0.378 e. The summed E-state index contributed by atoms with van der Waals surface area (Å²) in [5.41, 5.74) is -9.25. The fourth-order valence-corrected chi connectivity index (χ4v) is 1.97. The van der Waals surface area contributed by atoms with Crippen LogP contribution in [0.3, 0.4) is 0 Å². The first kappa shape index (κ1) is 35.2. The first-order valence-electron chi connectivity index (χ1n) is 10.2. The summed E-state index contributed by atoms with van der Waals surface area (Å²) in [7, 11) is 0. The second-order valence-corrected chi connectivity index (χ2v) is 8.24. The molecule has 0 spiro atoms. The lowest BCUT2D eigenvalue weighted by Gasteiger charge is -2.28. The zero-order valence-electron chi connectivity index (χ0n) is 18.9. The summed E-state index contributed by atoms with van der Waals surface area (Å²) >= 11 is 0. The molecule has 0 aliphatic heterocycles. The highest BCUT2D eigenvalue weighted by molar-refractivity contribution is 4.89. The van der Waals surface area contributed by atoms with E-state index in [2.05, 4.69) is 13.8 Å². The Bertz CT molecular complexity index is 489. The van der Waals surface area contributed by atoms with Gasteiger partial charge >= 0.3 is 24.7 Å². The van der Waals surface area contributed by atoms with Crippen molar-refractivity contribution in [2.75, 3.05) is 6.61 Å². The summed E-state index contributed by atoms with van der Waals surface area (Å²) in [6.07, 6.45) is -14.1. The van der Waals surface area contributed by atoms with E-state index in [-0.39, 0.29) is 13.8 Å². The minimum atomic E-state index is -5.69. The molecule has 1 aliphatic rings. The van der Waals surface area contributed by atoms with Crippen molar-refractivity contribution in [2.45, 2.75) is 108 Å². The first-order chi connectivity index (χ1) is 14.8. The van der Waals surface area contributed by atoms with Gasteiger partial charge in [0.05, 0.1) is 6.10 Å². The molecular formula is C19H30F12O3. The molecule has 0 aromatic carbocycles. The number of alkyl halides is 12. The van der Waals surface area contributed by atoms with Gasteiger partial charge in [-0.1, -0.05) is 39.5 Å². The van der Waals surface area contributed by atoms with Crippen molar-refractivity contribution in [1.29, 1.82) is 0 Å². The number of ether oxygens (including phenoxy) is 1. The van der Waals surface area contributed by atoms with Gasteiger partial charge in [-0.05, 0) is 32.6 Å². The van der Waals surface area contributed by atoms with Gasteiger partial charge in [0.1, 0.15) is 0 Å². The average molecular weight is 534 g/mol. The first-order valence-corrected chi connectivity index (χ1v) is 10.2. The Hall–Kier alpha value is -0.960. The molecule has 0 bridgehead atoms. The van der Waals surface area contributed by atoms with E-state index in [1.807, 2.05) is 0 Å². The highest BCUT2D eigenvalue weighted by Crippen LogP contribution is 2.43. The zero-order valence-corrected chi connectivity index (χ0v) is 18.9. The third kappa shape index (κ3) is 11.2. The molecule has 1 atom stereocenters. The molecule has 0 aromatic heterocycles. The van der Waals surface area contributed by atoms with E-state index in [9.17, 15) is 52.7 Å². The molecular weight excluding hydrogens is 504 g/mol. The number of rotatable bonds is 4. The lowest BCUT2D eigenvalue weighted by atomic mass is 9.97. The Morgan fingerprint density at radius 2 is 0.971 bits per heavy atom. The van der Waals surface area contributed by atoms with Crippen molar-refractivity contribution < 1.29 is 67.6 Å². The van der Waals surface area contributed by atoms with E-state index in [1.165, 1.54) is 38.5 Å². The van der Waals surface area contributed by atoms with E-state index in [0.29, 0.717) is 6.10 Å². The van der Waals surface area contributed by atoms with Crippen molar-refractivity contribution in [3.8, 4) is 0 Å². The molecule has 0 heterocycles. The van der Waals surface area contributed by atoms with Crippen LogP contribution < -0.4 is 0 Å². The SMILES string of the molecule is CC(O)(C(F)(F)F)C(F)(F)F.CC(O)(C(F)(F)F)C(F)(F)F.CCC(C)COC1CCCCC1. The average Bonchev–Trinajstić information content (AvgIpc) is 2.64. The van der Waals surface area contributed by atoms with E-state index in [4.69, 9.17) is 14.9 Å². The number of hydrogen-bond acceptors (Lipinski definition) is 3. The van der Waals surface area contributed by atoms with Gasteiger partial charge in [-0.15, -0.1) is 0 Å². The van der Waals surface area contributed by atoms with E-state index in [1.54, 1.807) is 0 Å². The molecule has 1 unspecified atom stereocenters. The molecule has 0 radical (unpaired) electrons. The molecule has 1 aliphatic carbocycles. The highest BCUT2D eigenvalue weighted by Gasteiger charge is 2.67. The van der Waals surface area contributed by atoms with Crippen LogP contribution in [-0.4, -0.2) is 58.8 Å². The van der Waals surface area contributed by atoms with Crippen molar-refractivity contribution in [1.82, 2.24) is 0 Å². The van der Waals surface area contributed by atoms with Crippen LogP contribution in [0.2, 0.25) is 0 Å². The fraction of sp³-hybridized carbons (Fsp3) is 1.00. The summed E-state index contributed by atoms with van der Waals surface area (Å²) in [6.45, 7) is 4.79. The van der Waals surface area contributed by atoms with Crippen molar-refractivity contribution in [3.63, 3.8) is 0 Å². The summed E-state index contributed by atoms with van der Waals surface area (Å²) in [6, 6.07) is 0. The van der Waals surface area contributed by atoms with Crippen LogP contribution in [0, 0.1) is 5.92 Å². The lowest BCUT2D eigenvalue weighted by molar-refractivity contribution is -0.361. The quantitative estimate of drug-likeness (QED) is 0.378. The Morgan fingerprint density at radius 1 is 0.676 bits per heavy atom. The predicted molar refractivity (Wildman–Crippen MR) is 97.7 cm³/mol. The van der Waals surface area contributed by atoms with E-state index in [0.717, 1.165) is 12.5 Å². The number of aliphatic hydroxyl groups is 2.